The lowest BCUT2D eigenvalue weighted by Crippen LogP contribution is -2.39. The third-order valence-corrected chi connectivity index (χ3v) is 3.75. The second kappa shape index (κ2) is 8.40. The molecule has 0 unspecified atom stereocenters. The molecule has 0 spiro atoms. The van der Waals surface area contributed by atoms with Gasteiger partial charge in [0.1, 0.15) is 0 Å². The number of benzene rings is 1. The van der Waals surface area contributed by atoms with Gasteiger partial charge in [0.05, 0.1) is 0 Å². The molecule has 0 heterocycles. The predicted octanol–water partition coefficient (Wildman–Crippen LogP) is 3.10. The van der Waals surface area contributed by atoms with Gasteiger partial charge in [-0.3, -0.25) is 4.79 Å². The SMILES string of the molecule is Cc1ccc(CCC(=O)N(C)CC(C)(C)CN)c(C)c1.Cl. The minimum absolute atomic E-state index is 0. The lowest BCUT2D eigenvalue weighted by Gasteiger charge is -2.29. The summed E-state index contributed by atoms with van der Waals surface area (Å²) in [6, 6.07) is 6.40. The van der Waals surface area contributed by atoms with E-state index in [0.717, 1.165) is 6.42 Å². The molecule has 1 aromatic carbocycles. The van der Waals surface area contributed by atoms with Gasteiger partial charge in [0.25, 0.3) is 0 Å². The smallest absolute Gasteiger partial charge is 0.222 e. The van der Waals surface area contributed by atoms with Crippen LogP contribution in [0.3, 0.4) is 0 Å². The van der Waals surface area contributed by atoms with Crippen LogP contribution in [0, 0.1) is 19.3 Å². The monoisotopic (exact) mass is 312 g/mol. The van der Waals surface area contributed by atoms with Crippen LogP contribution in [0.25, 0.3) is 0 Å². The summed E-state index contributed by atoms with van der Waals surface area (Å²) in [7, 11) is 1.86. The maximum atomic E-state index is 12.2. The van der Waals surface area contributed by atoms with E-state index in [2.05, 4.69) is 45.9 Å². The minimum Gasteiger partial charge on any atom is -0.345 e. The number of rotatable bonds is 6. The summed E-state index contributed by atoms with van der Waals surface area (Å²) in [5, 5.41) is 0. The number of nitrogens with two attached hydrogens (primary N) is 1. The zero-order chi connectivity index (χ0) is 15.3. The highest BCUT2D eigenvalue weighted by Gasteiger charge is 2.20. The van der Waals surface area contributed by atoms with Gasteiger partial charge in [0, 0.05) is 20.0 Å². The molecular formula is C17H29ClN2O. The summed E-state index contributed by atoms with van der Waals surface area (Å²) in [6.45, 7) is 9.65. The topological polar surface area (TPSA) is 46.3 Å². The molecule has 0 atom stereocenters. The number of carbonyl (C=O) groups is 1. The van der Waals surface area contributed by atoms with Crippen LogP contribution < -0.4 is 5.73 Å². The second-order valence-corrected chi connectivity index (χ2v) is 6.55. The molecule has 0 aromatic heterocycles. The molecule has 21 heavy (non-hydrogen) atoms. The molecule has 0 radical (unpaired) electrons. The maximum Gasteiger partial charge on any atom is 0.222 e. The first-order chi connectivity index (χ1) is 9.25. The van der Waals surface area contributed by atoms with E-state index >= 15 is 0 Å². The molecule has 0 bridgehead atoms. The molecular weight excluding hydrogens is 284 g/mol. The Balaban J connectivity index is 0.00000400. The van der Waals surface area contributed by atoms with Gasteiger partial charge in [0.2, 0.25) is 5.91 Å². The quantitative estimate of drug-likeness (QED) is 0.877. The van der Waals surface area contributed by atoms with Crippen LogP contribution in [-0.2, 0) is 11.2 Å². The molecule has 0 saturated heterocycles. The molecule has 1 aromatic rings. The number of amides is 1. The van der Waals surface area contributed by atoms with Crippen LogP contribution in [0.1, 0.15) is 37.0 Å². The van der Waals surface area contributed by atoms with Crippen molar-refractivity contribution in [3.8, 4) is 0 Å². The van der Waals surface area contributed by atoms with Gasteiger partial charge < -0.3 is 10.6 Å². The Labute approximate surface area is 135 Å². The van der Waals surface area contributed by atoms with Gasteiger partial charge in [-0.1, -0.05) is 37.6 Å². The summed E-state index contributed by atoms with van der Waals surface area (Å²) in [5.41, 5.74) is 9.48. The minimum atomic E-state index is -0.0236. The zero-order valence-electron chi connectivity index (χ0n) is 13.9. The third kappa shape index (κ3) is 6.49. The van der Waals surface area contributed by atoms with E-state index in [1.165, 1.54) is 16.7 Å². The molecule has 0 aliphatic carbocycles. The molecule has 0 aliphatic heterocycles. The summed E-state index contributed by atoms with van der Waals surface area (Å²) in [4.78, 5) is 14.0. The number of hydrogen-bond acceptors (Lipinski definition) is 2. The van der Waals surface area contributed by atoms with Gasteiger partial charge in [-0.15, -0.1) is 12.4 Å². The van der Waals surface area contributed by atoms with Crippen LogP contribution in [-0.4, -0.2) is 30.9 Å². The molecule has 1 rings (SSSR count). The van der Waals surface area contributed by atoms with Crippen LogP contribution in [0.15, 0.2) is 18.2 Å². The first-order valence-corrected chi connectivity index (χ1v) is 7.25. The summed E-state index contributed by atoms with van der Waals surface area (Å²) in [6.07, 6.45) is 1.36. The van der Waals surface area contributed by atoms with Gasteiger partial charge in [0.15, 0.2) is 0 Å². The van der Waals surface area contributed by atoms with Gasteiger partial charge >= 0.3 is 0 Å². The Morgan fingerprint density at radius 3 is 2.43 bits per heavy atom. The molecule has 0 aliphatic rings. The average Bonchev–Trinajstić information content (AvgIpc) is 2.36. The van der Waals surface area contributed by atoms with Crippen molar-refractivity contribution in [3.63, 3.8) is 0 Å². The van der Waals surface area contributed by atoms with Crippen molar-refractivity contribution in [1.82, 2.24) is 4.90 Å². The van der Waals surface area contributed by atoms with E-state index in [0.29, 0.717) is 19.5 Å². The van der Waals surface area contributed by atoms with Crippen LogP contribution in [0.2, 0.25) is 0 Å². The van der Waals surface area contributed by atoms with E-state index in [9.17, 15) is 4.79 Å². The summed E-state index contributed by atoms with van der Waals surface area (Å²) >= 11 is 0. The van der Waals surface area contributed by atoms with Gasteiger partial charge in [-0.2, -0.15) is 0 Å². The maximum absolute atomic E-state index is 12.2. The van der Waals surface area contributed by atoms with Crippen molar-refractivity contribution in [3.05, 3.63) is 34.9 Å². The average molecular weight is 313 g/mol. The summed E-state index contributed by atoms with van der Waals surface area (Å²) in [5.74, 6) is 0.187. The predicted molar refractivity (Wildman–Crippen MR) is 92.0 cm³/mol. The van der Waals surface area contributed by atoms with E-state index in [-0.39, 0.29) is 23.7 Å². The van der Waals surface area contributed by atoms with E-state index in [4.69, 9.17) is 5.73 Å². The number of halogens is 1. The van der Waals surface area contributed by atoms with Crippen LogP contribution in [0.5, 0.6) is 0 Å². The number of carbonyl (C=O) groups excluding carboxylic acids is 1. The first-order valence-electron chi connectivity index (χ1n) is 7.25. The van der Waals surface area contributed by atoms with Crippen molar-refractivity contribution < 1.29 is 4.79 Å². The van der Waals surface area contributed by atoms with Crippen molar-refractivity contribution in [2.45, 2.75) is 40.5 Å². The molecule has 2 N–H and O–H groups in total. The van der Waals surface area contributed by atoms with E-state index < -0.39 is 0 Å². The number of hydrogen-bond donors (Lipinski definition) is 1. The highest BCUT2D eigenvalue weighted by Crippen LogP contribution is 2.16. The Kier molecular flexibility index (Phi) is 7.98. The normalized spacial score (nSPS) is 11.0. The van der Waals surface area contributed by atoms with Crippen molar-refractivity contribution >= 4 is 18.3 Å². The first kappa shape index (κ1) is 19.9. The lowest BCUT2D eigenvalue weighted by molar-refractivity contribution is -0.131. The standard InChI is InChI=1S/C17H28N2O.ClH/c1-13-6-7-15(14(2)10-13)8-9-16(20)19(5)12-17(3,4)11-18;/h6-7,10H,8-9,11-12,18H2,1-5H3;1H. The lowest BCUT2D eigenvalue weighted by atomic mass is 9.93. The second-order valence-electron chi connectivity index (χ2n) is 6.55. The fourth-order valence-corrected chi connectivity index (χ4v) is 2.35. The van der Waals surface area contributed by atoms with Gasteiger partial charge in [-0.05, 0) is 43.4 Å². The van der Waals surface area contributed by atoms with Crippen molar-refractivity contribution in [2.75, 3.05) is 20.1 Å². The Hall–Kier alpha value is -1.06. The fourth-order valence-electron chi connectivity index (χ4n) is 2.35. The molecule has 3 nitrogen and oxygen atoms in total. The van der Waals surface area contributed by atoms with Gasteiger partial charge in [-0.25, -0.2) is 0 Å². The number of aryl methyl sites for hydroxylation is 3. The molecule has 4 heteroatoms. The Bertz CT molecular complexity index is 472. The molecule has 0 fully saturated rings. The fraction of sp³-hybridized carbons (Fsp3) is 0.588. The Morgan fingerprint density at radius 1 is 1.29 bits per heavy atom. The van der Waals surface area contributed by atoms with Crippen molar-refractivity contribution in [2.24, 2.45) is 11.1 Å². The zero-order valence-corrected chi connectivity index (χ0v) is 14.7. The highest BCUT2D eigenvalue weighted by atomic mass is 35.5. The molecule has 1 amide bonds. The van der Waals surface area contributed by atoms with Crippen molar-refractivity contribution in [1.29, 1.82) is 0 Å². The highest BCUT2D eigenvalue weighted by molar-refractivity contribution is 5.85. The van der Waals surface area contributed by atoms with E-state index in [1.807, 2.05) is 7.05 Å². The van der Waals surface area contributed by atoms with Crippen LogP contribution >= 0.6 is 12.4 Å². The number of nitrogens with zero attached hydrogens (tertiary/aromatic N) is 1. The molecule has 0 saturated carbocycles. The van der Waals surface area contributed by atoms with E-state index in [1.54, 1.807) is 4.90 Å². The van der Waals surface area contributed by atoms with Crippen LogP contribution in [0.4, 0.5) is 0 Å². The largest absolute Gasteiger partial charge is 0.345 e. The molecule has 120 valence electrons. The summed E-state index contributed by atoms with van der Waals surface area (Å²) < 4.78 is 0. The third-order valence-electron chi connectivity index (χ3n) is 3.75. The Morgan fingerprint density at radius 2 is 1.90 bits per heavy atom.